The molecule has 2 fully saturated rings. The molecule has 2 heterocycles. The van der Waals surface area contributed by atoms with Crippen LogP contribution in [0.5, 0.6) is 0 Å². The molecular formula is C16H25N3. The van der Waals surface area contributed by atoms with Crippen LogP contribution < -0.4 is 5.32 Å². The molecule has 19 heavy (non-hydrogen) atoms. The summed E-state index contributed by atoms with van der Waals surface area (Å²) in [5.41, 5.74) is 2.46. The molecule has 2 aliphatic rings. The Morgan fingerprint density at radius 1 is 1.26 bits per heavy atom. The average Bonchev–Trinajstić information content (AvgIpc) is 3.06. The van der Waals surface area contributed by atoms with Gasteiger partial charge in [0, 0.05) is 31.9 Å². The molecule has 1 aromatic rings. The Bertz CT molecular complexity index is 391. The normalized spacial score (nSPS) is 23.2. The first-order chi connectivity index (χ1) is 9.29. The van der Waals surface area contributed by atoms with Crippen LogP contribution in [0.2, 0.25) is 0 Å². The van der Waals surface area contributed by atoms with Gasteiger partial charge in [0.1, 0.15) is 0 Å². The molecule has 1 N–H and O–H groups in total. The molecule has 0 amide bonds. The predicted octanol–water partition coefficient (Wildman–Crippen LogP) is 2.35. The molecule has 3 nitrogen and oxygen atoms in total. The molecule has 1 saturated heterocycles. The second-order valence-electron chi connectivity index (χ2n) is 6.26. The topological polar surface area (TPSA) is 28.2 Å². The number of hydrogen-bond acceptors (Lipinski definition) is 3. The molecule has 0 aromatic carbocycles. The van der Waals surface area contributed by atoms with E-state index >= 15 is 0 Å². The van der Waals surface area contributed by atoms with Crippen LogP contribution in [0.15, 0.2) is 18.3 Å². The van der Waals surface area contributed by atoms with Crippen LogP contribution >= 0.6 is 0 Å². The maximum atomic E-state index is 4.56. The van der Waals surface area contributed by atoms with Crippen LogP contribution in [0.3, 0.4) is 0 Å². The van der Waals surface area contributed by atoms with Gasteiger partial charge in [-0.05, 0) is 56.7 Å². The Hall–Kier alpha value is -0.930. The molecule has 0 radical (unpaired) electrons. The highest BCUT2D eigenvalue weighted by molar-refractivity contribution is 5.12. The first-order valence-corrected chi connectivity index (χ1v) is 7.67. The summed E-state index contributed by atoms with van der Waals surface area (Å²) in [5, 5.41) is 3.61. The largest absolute Gasteiger partial charge is 0.313 e. The lowest BCUT2D eigenvalue weighted by molar-refractivity contribution is 0.229. The number of pyridine rings is 1. The van der Waals surface area contributed by atoms with Crippen molar-refractivity contribution in [2.45, 2.75) is 45.2 Å². The average molecular weight is 259 g/mol. The third-order valence-corrected chi connectivity index (χ3v) is 4.21. The standard InChI is InChI=1S/C16H25N3/c1-13-4-7-16(18-9-13)12-19(10-14-5-6-14)11-15-3-2-8-17-15/h4,7,9,14-15,17H,2-3,5-6,8,10-12H2,1H3. The second-order valence-corrected chi connectivity index (χ2v) is 6.26. The van der Waals surface area contributed by atoms with Gasteiger partial charge in [0.05, 0.1) is 5.69 Å². The quantitative estimate of drug-likeness (QED) is 0.850. The molecule has 104 valence electrons. The summed E-state index contributed by atoms with van der Waals surface area (Å²) >= 11 is 0. The van der Waals surface area contributed by atoms with E-state index in [1.54, 1.807) is 0 Å². The molecule has 1 aliphatic carbocycles. The zero-order valence-corrected chi connectivity index (χ0v) is 11.9. The van der Waals surface area contributed by atoms with Crippen LogP contribution in [0.4, 0.5) is 0 Å². The summed E-state index contributed by atoms with van der Waals surface area (Å²) in [6.07, 6.45) is 7.51. The number of nitrogens with zero attached hydrogens (tertiary/aromatic N) is 2. The van der Waals surface area contributed by atoms with Gasteiger partial charge in [0.2, 0.25) is 0 Å². The first-order valence-electron chi connectivity index (χ1n) is 7.67. The molecule has 0 bridgehead atoms. The molecule has 1 atom stereocenters. The summed E-state index contributed by atoms with van der Waals surface area (Å²) in [7, 11) is 0. The van der Waals surface area contributed by atoms with Crippen molar-refractivity contribution in [3.8, 4) is 0 Å². The van der Waals surface area contributed by atoms with Crippen LogP contribution in [0, 0.1) is 12.8 Å². The summed E-state index contributed by atoms with van der Waals surface area (Å²) in [4.78, 5) is 7.17. The maximum Gasteiger partial charge on any atom is 0.0544 e. The second kappa shape index (κ2) is 6.02. The minimum atomic E-state index is 0.698. The molecule has 1 aromatic heterocycles. The van der Waals surface area contributed by atoms with Crippen molar-refractivity contribution < 1.29 is 0 Å². The van der Waals surface area contributed by atoms with E-state index in [4.69, 9.17) is 0 Å². The van der Waals surface area contributed by atoms with Crippen LogP contribution in [0.25, 0.3) is 0 Å². The summed E-state index contributed by atoms with van der Waals surface area (Å²) in [5.74, 6) is 0.951. The summed E-state index contributed by atoms with van der Waals surface area (Å²) < 4.78 is 0. The number of hydrogen-bond donors (Lipinski definition) is 1. The molecule has 0 spiro atoms. The summed E-state index contributed by atoms with van der Waals surface area (Å²) in [6.45, 7) is 6.75. The van der Waals surface area contributed by atoms with E-state index in [1.807, 2.05) is 6.20 Å². The fraction of sp³-hybridized carbons (Fsp3) is 0.688. The third-order valence-electron chi connectivity index (χ3n) is 4.21. The Labute approximate surface area is 116 Å². The van der Waals surface area contributed by atoms with E-state index in [9.17, 15) is 0 Å². The zero-order valence-electron chi connectivity index (χ0n) is 11.9. The van der Waals surface area contributed by atoms with E-state index in [1.165, 1.54) is 56.6 Å². The van der Waals surface area contributed by atoms with Gasteiger partial charge in [0.15, 0.2) is 0 Å². The molecule has 1 saturated carbocycles. The fourth-order valence-electron chi connectivity index (χ4n) is 2.91. The number of nitrogens with one attached hydrogen (secondary N) is 1. The zero-order chi connectivity index (χ0) is 13.1. The van der Waals surface area contributed by atoms with Gasteiger partial charge >= 0.3 is 0 Å². The van der Waals surface area contributed by atoms with Gasteiger partial charge in [0.25, 0.3) is 0 Å². The lowest BCUT2D eigenvalue weighted by atomic mass is 10.2. The Balaban J connectivity index is 1.58. The monoisotopic (exact) mass is 259 g/mol. The third kappa shape index (κ3) is 4.02. The van der Waals surface area contributed by atoms with Crippen LogP contribution in [-0.4, -0.2) is 35.6 Å². The predicted molar refractivity (Wildman–Crippen MR) is 78.0 cm³/mol. The highest BCUT2D eigenvalue weighted by atomic mass is 15.2. The Morgan fingerprint density at radius 3 is 2.79 bits per heavy atom. The number of aryl methyl sites for hydroxylation is 1. The molecule has 1 aliphatic heterocycles. The van der Waals surface area contributed by atoms with Gasteiger partial charge in [-0.15, -0.1) is 0 Å². The van der Waals surface area contributed by atoms with E-state index in [2.05, 4.69) is 34.3 Å². The number of rotatable bonds is 6. The lowest BCUT2D eigenvalue weighted by Gasteiger charge is -2.25. The highest BCUT2D eigenvalue weighted by Crippen LogP contribution is 2.30. The lowest BCUT2D eigenvalue weighted by Crippen LogP contribution is -2.38. The molecule has 3 rings (SSSR count). The van der Waals surface area contributed by atoms with Gasteiger partial charge in [-0.1, -0.05) is 6.07 Å². The van der Waals surface area contributed by atoms with Crippen molar-refractivity contribution in [1.29, 1.82) is 0 Å². The first kappa shape index (κ1) is 13.1. The smallest absolute Gasteiger partial charge is 0.0544 e. The van der Waals surface area contributed by atoms with E-state index < -0.39 is 0 Å². The van der Waals surface area contributed by atoms with Crippen molar-refractivity contribution in [2.75, 3.05) is 19.6 Å². The molecule has 1 unspecified atom stereocenters. The minimum absolute atomic E-state index is 0.698. The van der Waals surface area contributed by atoms with E-state index in [0.29, 0.717) is 6.04 Å². The van der Waals surface area contributed by atoms with Crippen LogP contribution in [-0.2, 0) is 6.54 Å². The van der Waals surface area contributed by atoms with Gasteiger partial charge in [-0.25, -0.2) is 0 Å². The Kier molecular flexibility index (Phi) is 4.14. The van der Waals surface area contributed by atoms with Crippen molar-refractivity contribution in [1.82, 2.24) is 15.2 Å². The Morgan fingerprint density at radius 2 is 2.16 bits per heavy atom. The highest BCUT2D eigenvalue weighted by Gasteiger charge is 2.26. The van der Waals surface area contributed by atoms with Gasteiger partial charge in [-0.3, -0.25) is 9.88 Å². The fourth-order valence-corrected chi connectivity index (χ4v) is 2.91. The van der Waals surface area contributed by atoms with Crippen molar-refractivity contribution >= 4 is 0 Å². The molecule has 3 heteroatoms. The molecular weight excluding hydrogens is 234 g/mol. The van der Waals surface area contributed by atoms with E-state index in [-0.39, 0.29) is 0 Å². The SMILES string of the molecule is Cc1ccc(CN(CC2CC2)CC2CCCN2)nc1. The number of aromatic nitrogens is 1. The van der Waals surface area contributed by atoms with Gasteiger partial charge < -0.3 is 5.32 Å². The van der Waals surface area contributed by atoms with E-state index in [0.717, 1.165) is 12.5 Å². The van der Waals surface area contributed by atoms with Gasteiger partial charge in [-0.2, -0.15) is 0 Å². The maximum absolute atomic E-state index is 4.56. The van der Waals surface area contributed by atoms with Crippen LogP contribution in [0.1, 0.15) is 36.9 Å². The summed E-state index contributed by atoms with van der Waals surface area (Å²) in [6, 6.07) is 5.05. The minimum Gasteiger partial charge on any atom is -0.313 e. The van der Waals surface area contributed by atoms with Crippen molar-refractivity contribution in [2.24, 2.45) is 5.92 Å². The van der Waals surface area contributed by atoms with Crippen molar-refractivity contribution in [3.05, 3.63) is 29.6 Å². The van der Waals surface area contributed by atoms with Crippen molar-refractivity contribution in [3.63, 3.8) is 0 Å².